The van der Waals surface area contributed by atoms with Crippen LogP contribution in [0, 0.1) is 11.8 Å². The van der Waals surface area contributed by atoms with Crippen LogP contribution >= 0.6 is 0 Å². The maximum atomic E-state index is 12.8. The smallest absolute Gasteiger partial charge is 0.310 e. The summed E-state index contributed by atoms with van der Waals surface area (Å²) in [5.41, 5.74) is 1.17. The summed E-state index contributed by atoms with van der Waals surface area (Å²) in [4.78, 5) is 12.8. The third-order valence-corrected chi connectivity index (χ3v) is 5.72. The van der Waals surface area contributed by atoms with Crippen molar-refractivity contribution in [2.75, 3.05) is 34.7 Å². The molecule has 0 amide bonds. The van der Waals surface area contributed by atoms with Gasteiger partial charge in [0.05, 0.1) is 33.9 Å². The molecule has 2 aromatic rings. The fourth-order valence-electron chi connectivity index (χ4n) is 4.21. The van der Waals surface area contributed by atoms with Gasteiger partial charge in [0.25, 0.3) is 0 Å². The molecule has 0 aliphatic carbocycles. The molecular formula is C23H24O8. The SMILES string of the molecule is C=C[C@H]1COC(=O)[C@@H]1C(c1cc(OC)c(OC)c(OC)c1)c1cc2c(cc1O)OCO2. The van der Waals surface area contributed by atoms with E-state index < -0.39 is 11.8 Å². The monoisotopic (exact) mass is 428 g/mol. The number of phenols is 1. The molecule has 2 aromatic carbocycles. The van der Waals surface area contributed by atoms with Crippen molar-refractivity contribution in [3.05, 3.63) is 48.0 Å². The fraction of sp³-hybridized carbons (Fsp3) is 0.348. The summed E-state index contributed by atoms with van der Waals surface area (Å²) in [6, 6.07) is 6.71. The van der Waals surface area contributed by atoms with E-state index in [1.54, 1.807) is 24.3 Å². The first kappa shape index (κ1) is 20.7. The van der Waals surface area contributed by atoms with Gasteiger partial charge in [0.2, 0.25) is 12.5 Å². The molecule has 0 bridgehead atoms. The predicted octanol–water partition coefficient (Wildman–Crippen LogP) is 3.25. The van der Waals surface area contributed by atoms with Gasteiger partial charge in [-0.05, 0) is 23.8 Å². The lowest BCUT2D eigenvalue weighted by Crippen LogP contribution is -2.24. The van der Waals surface area contributed by atoms with E-state index in [0.717, 1.165) is 0 Å². The van der Waals surface area contributed by atoms with Crippen LogP contribution in [0.5, 0.6) is 34.5 Å². The van der Waals surface area contributed by atoms with E-state index in [1.807, 2.05) is 0 Å². The van der Waals surface area contributed by atoms with E-state index in [2.05, 4.69) is 6.58 Å². The number of cyclic esters (lactones) is 1. The Balaban J connectivity index is 1.94. The minimum absolute atomic E-state index is 0.0227. The highest BCUT2D eigenvalue weighted by molar-refractivity contribution is 5.78. The lowest BCUT2D eigenvalue weighted by Gasteiger charge is -2.27. The van der Waals surface area contributed by atoms with Gasteiger partial charge < -0.3 is 33.5 Å². The Morgan fingerprint density at radius 2 is 1.68 bits per heavy atom. The number of esters is 1. The van der Waals surface area contributed by atoms with Crippen molar-refractivity contribution in [2.45, 2.75) is 5.92 Å². The van der Waals surface area contributed by atoms with E-state index in [9.17, 15) is 9.90 Å². The lowest BCUT2D eigenvalue weighted by molar-refractivity contribution is -0.141. The number of fused-ring (bicyclic) bond motifs is 1. The zero-order valence-electron chi connectivity index (χ0n) is 17.5. The standard InChI is InChI=1S/C23H24O8/c1-5-12-10-29-23(25)21(12)20(14-8-16-17(9-15(14)24)31-11-30-16)13-6-18(26-2)22(28-4)19(7-13)27-3/h5-9,12,20-21,24H,1,10-11H2,2-4H3/t12-,20?,21-/m0/s1. The van der Waals surface area contributed by atoms with E-state index in [4.69, 9.17) is 28.4 Å². The van der Waals surface area contributed by atoms with Gasteiger partial charge in [-0.3, -0.25) is 4.79 Å². The molecule has 4 rings (SSSR count). The molecule has 8 nitrogen and oxygen atoms in total. The van der Waals surface area contributed by atoms with Gasteiger partial charge in [-0.1, -0.05) is 6.08 Å². The van der Waals surface area contributed by atoms with Crippen LogP contribution in [0.2, 0.25) is 0 Å². The topological polar surface area (TPSA) is 92.7 Å². The number of carbonyl (C=O) groups is 1. The Morgan fingerprint density at radius 1 is 1.03 bits per heavy atom. The molecule has 2 heterocycles. The van der Waals surface area contributed by atoms with Gasteiger partial charge in [0.15, 0.2) is 23.0 Å². The summed E-state index contributed by atoms with van der Waals surface area (Å²) in [5.74, 6) is 0.371. The minimum Gasteiger partial charge on any atom is -0.508 e. The summed E-state index contributed by atoms with van der Waals surface area (Å²) >= 11 is 0. The van der Waals surface area contributed by atoms with Crippen molar-refractivity contribution in [1.29, 1.82) is 0 Å². The lowest BCUT2D eigenvalue weighted by atomic mass is 9.75. The molecule has 3 atom stereocenters. The normalized spacial score (nSPS) is 20.2. The van der Waals surface area contributed by atoms with E-state index in [-0.39, 0.29) is 31.0 Å². The first-order chi connectivity index (χ1) is 15.0. The van der Waals surface area contributed by atoms with Crippen LogP contribution in [0.15, 0.2) is 36.9 Å². The van der Waals surface area contributed by atoms with E-state index in [1.165, 1.54) is 27.4 Å². The zero-order chi connectivity index (χ0) is 22.1. The van der Waals surface area contributed by atoms with Crippen molar-refractivity contribution < 1.29 is 38.3 Å². The summed E-state index contributed by atoms with van der Waals surface area (Å²) in [6.07, 6.45) is 1.70. The number of benzene rings is 2. The number of aromatic hydroxyl groups is 1. The molecule has 31 heavy (non-hydrogen) atoms. The van der Waals surface area contributed by atoms with E-state index >= 15 is 0 Å². The first-order valence-electron chi connectivity index (χ1n) is 9.74. The number of phenolic OH excluding ortho intramolecular Hbond substituents is 1. The third kappa shape index (κ3) is 3.48. The molecule has 2 aliphatic rings. The molecule has 8 heteroatoms. The Bertz CT molecular complexity index is 990. The van der Waals surface area contributed by atoms with Crippen LogP contribution in [0.25, 0.3) is 0 Å². The Morgan fingerprint density at radius 3 is 2.26 bits per heavy atom. The predicted molar refractivity (Wildman–Crippen MR) is 110 cm³/mol. The minimum atomic E-state index is -0.619. The number of ether oxygens (including phenoxy) is 6. The maximum absolute atomic E-state index is 12.8. The number of hydrogen-bond donors (Lipinski definition) is 1. The van der Waals surface area contributed by atoms with Gasteiger partial charge in [-0.15, -0.1) is 6.58 Å². The Hall–Kier alpha value is -3.55. The van der Waals surface area contributed by atoms with Crippen LogP contribution in [0.3, 0.4) is 0 Å². The van der Waals surface area contributed by atoms with Crippen molar-refractivity contribution in [3.63, 3.8) is 0 Å². The second-order valence-corrected chi connectivity index (χ2v) is 7.26. The number of carbonyl (C=O) groups excluding carboxylic acids is 1. The molecule has 2 aliphatic heterocycles. The summed E-state index contributed by atoms with van der Waals surface area (Å²) < 4.78 is 32.7. The average Bonchev–Trinajstić information content (AvgIpc) is 3.39. The van der Waals surface area contributed by atoms with Gasteiger partial charge in [-0.25, -0.2) is 0 Å². The number of hydrogen-bond acceptors (Lipinski definition) is 8. The van der Waals surface area contributed by atoms with Crippen LogP contribution in [-0.2, 0) is 9.53 Å². The second-order valence-electron chi connectivity index (χ2n) is 7.26. The molecule has 164 valence electrons. The van der Waals surface area contributed by atoms with Gasteiger partial charge in [0, 0.05) is 23.5 Å². The molecule has 0 aromatic heterocycles. The van der Waals surface area contributed by atoms with Crippen molar-refractivity contribution in [1.82, 2.24) is 0 Å². The van der Waals surface area contributed by atoms with Crippen LogP contribution in [-0.4, -0.2) is 45.8 Å². The van der Waals surface area contributed by atoms with Gasteiger partial charge >= 0.3 is 5.97 Å². The number of methoxy groups -OCH3 is 3. The molecular weight excluding hydrogens is 404 g/mol. The maximum Gasteiger partial charge on any atom is 0.310 e. The highest BCUT2D eigenvalue weighted by atomic mass is 16.7. The molecule has 1 unspecified atom stereocenters. The number of rotatable bonds is 7. The van der Waals surface area contributed by atoms with E-state index in [0.29, 0.717) is 39.9 Å². The Labute approximate surface area is 179 Å². The molecule has 1 N–H and O–H groups in total. The molecule has 1 fully saturated rings. The summed E-state index contributed by atoms with van der Waals surface area (Å²) in [6.45, 7) is 4.15. The molecule has 0 radical (unpaired) electrons. The summed E-state index contributed by atoms with van der Waals surface area (Å²) in [5, 5.41) is 10.9. The second kappa shape index (κ2) is 8.29. The van der Waals surface area contributed by atoms with Crippen molar-refractivity contribution >= 4 is 5.97 Å². The van der Waals surface area contributed by atoms with Gasteiger partial charge in [0.1, 0.15) is 5.75 Å². The third-order valence-electron chi connectivity index (χ3n) is 5.72. The molecule has 1 saturated heterocycles. The fourth-order valence-corrected chi connectivity index (χ4v) is 4.21. The summed E-state index contributed by atoms with van der Waals surface area (Å²) in [7, 11) is 4.55. The zero-order valence-corrected chi connectivity index (χ0v) is 17.5. The largest absolute Gasteiger partial charge is 0.508 e. The highest BCUT2D eigenvalue weighted by Gasteiger charge is 2.44. The van der Waals surface area contributed by atoms with Gasteiger partial charge in [-0.2, -0.15) is 0 Å². The average molecular weight is 428 g/mol. The van der Waals surface area contributed by atoms with Crippen molar-refractivity contribution in [3.8, 4) is 34.5 Å². The molecule has 0 saturated carbocycles. The molecule has 0 spiro atoms. The quantitative estimate of drug-likeness (QED) is 0.531. The van der Waals surface area contributed by atoms with Crippen molar-refractivity contribution in [2.24, 2.45) is 11.8 Å². The Kier molecular flexibility index (Phi) is 5.54. The highest BCUT2D eigenvalue weighted by Crippen LogP contribution is 2.50. The van der Waals surface area contributed by atoms with Crippen LogP contribution < -0.4 is 23.7 Å². The first-order valence-corrected chi connectivity index (χ1v) is 9.74. The van der Waals surface area contributed by atoms with Crippen LogP contribution in [0.4, 0.5) is 0 Å². The van der Waals surface area contributed by atoms with Crippen LogP contribution in [0.1, 0.15) is 17.0 Å².